The number of ether oxygens (including phenoxy) is 3. The molecule has 1 amide bonds. The van der Waals surface area contributed by atoms with Crippen molar-refractivity contribution >= 4 is 5.91 Å². The average molecular weight is 656 g/mol. The van der Waals surface area contributed by atoms with Gasteiger partial charge in [-0.2, -0.15) is 0 Å². The van der Waals surface area contributed by atoms with E-state index in [1.807, 2.05) is 0 Å². The summed E-state index contributed by atoms with van der Waals surface area (Å²) in [6.07, 6.45) is -16.4. The third-order valence-corrected chi connectivity index (χ3v) is 8.93. The molecule has 2 heterocycles. The zero-order valence-electron chi connectivity index (χ0n) is 25.1. The molecule has 0 aromatic heterocycles. The van der Waals surface area contributed by atoms with Crippen molar-refractivity contribution in [2.24, 2.45) is 34.6 Å². The van der Waals surface area contributed by atoms with Crippen LogP contribution in [-0.2, 0) is 19.0 Å². The van der Waals surface area contributed by atoms with Crippen LogP contribution in [-0.4, -0.2) is 177 Å². The van der Waals surface area contributed by atoms with Crippen molar-refractivity contribution in [1.82, 2.24) is 10.6 Å². The summed E-state index contributed by atoms with van der Waals surface area (Å²) in [6, 6.07) is -4.43. The third-order valence-electron chi connectivity index (χ3n) is 8.93. The summed E-state index contributed by atoms with van der Waals surface area (Å²) in [4.78, 5) is 12.8. The fourth-order valence-corrected chi connectivity index (χ4v) is 6.32. The highest BCUT2D eigenvalue weighted by atomic mass is 16.7. The number of hydrogen-bond acceptors (Lipinski definition) is 18. The second-order valence-corrected chi connectivity index (χ2v) is 12.1. The standard InChI is InChI=1S/C26H53N7O12/c27-3-1-9(35)7-32-17-22(41)19(38)13(6-29)43-24(17)15-10(30)5-11(33-25(42)12(36)2-4-28)23(20(15)39)45-26-21(40)16(31)18(37)14(8-34)44-26/h9-24,26,32,34-41H,1-8,27-31H2,(H,33,42)/t9?,10-,11+,12-,13+,14+,15?,16-,17+,18+,19+,20-,21+,22+,23-,24+,26+/m0/s1. The number of rotatable bonds is 14. The van der Waals surface area contributed by atoms with Crippen molar-refractivity contribution in [3.05, 3.63) is 0 Å². The zero-order chi connectivity index (χ0) is 33.6. The van der Waals surface area contributed by atoms with Gasteiger partial charge in [0.1, 0.15) is 42.7 Å². The smallest absolute Gasteiger partial charge is 0.249 e. The molecule has 1 aliphatic carbocycles. The van der Waals surface area contributed by atoms with Crippen LogP contribution < -0.4 is 39.3 Å². The summed E-state index contributed by atoms with van der Waals surface area (Å²) in [5.41, 5.74) is 29.3. The van der Waals surface area contributed by atoms with Gasteiger partial charge in [0.2, 0.25) is 5.91 Å². The van der Waals surface area contributed by atoms with E-state index in [2.05, 4.69) is 10.6 Å². The molecule has 2 saturated heterocycles. The number of aliphatic hydroxyl groups is 8. The molecule has 2 aliphatic heterocycles. The van der Waals surface area contributed by atoms with Gasteiger partial charge in [-0.15, -0.1) is 0 Å². The Morgan fingerprint density at radius 2 is 1.56 bits per heavy atom. The average Bonchev–Trinajstić information content (AvgIpc) is 3.00. The van der Waals surface area contributed by atoms with Crippen molar-refractivity contribution in [3.8, 4) is 0 Å². The van der Waals surface area contributed by atoms with Crippen LogP contribution in [0.1, 0.15) is 19.3 Å². The molecular weight excluding hydrogens is 602 g/mol. The number of nitrogens with one attached hydrogen (secondary N) is 2. The third kappa shape index (κ3) is 8.83. The molecule has 3 rings (SSSR count). The van der Waals surface area contributed by atoms with Gasteiger partial charge >= 0.3 is 0 Å². The van der Waals surface area contributed by atoms with Crippen LogP contribution in [0, 0.1) is 5.92 Å². The maximum Gasteiger partial charge on any atom is 0.249 e. The van der Waals surface area contributed by atoms with Gasteiger partial charge < -0.3 is 94.4 Å². The summed E-state index contributed by atoms with van der Waals surface area (Å²) >= 11 is 0. The minimum absolute atomic E-state index is 0.0120. The molecule has 45 heavy (non-hydrogen) atoms. The maximum absolute atomic E-state index is 12.8. The zero-order valence-corrected chi connectivity index (χ0v) is 25.1. The second kappa shape index (κ2) is 17.3. The van der Waals surface area contributed by atoms with Gasteiger partial charge in [0.05, 0.1) is 49.1 Å². The van der Waals surface area contributed by atoms with Crippen LogP contribution in [0.2, 0.25) is 0 Å². The van der Waals surface area contributed by atoms with Crippen LogP contribution in [0.5, 0.6) is 0 Å². The van der Waals surface area contributed by atoms with E-state index in [1.54, 1.807) is 0 Å². The van der Waals surface area contributed by atoms with Crippen molar-refractivity contribution < 1.29 is 59.9 Å². The highest BCUT2D eigenvalue weighted by molar-refractivity contribution is 5.80. The predicted molar refractivity (Wildman–Crippen MR) is 156 cm³/mol. The molecule has 0 aromatic carbocycles. The van der Waals surface area contributed by atoms with Gasteiger partial charge in [-0.3, -0.25) is 4.79 Å². The fraction of sp³-hybridized carbons (Fsp3) is 0.962. The van der Waals surface area contributed by atoms with Crippen molar-refractivity contribution in [2.45, 2.75) is 117 Å². The molecule has 0 aromatic rings. The Morgan fingerprint density at radius 1 is 0.889 bits per heavy atom. The lowest BCUT2D eigenvalue weighted by atomic mass is 9.71. The molecule has 3 fully saturated rings. The molecule has 0 spiro atoms. The summed E-state index contributed by atoms with van der Waals surface area (Å²) in [5.74, 6) is -1.91. The Bertz CT molecular complexity index is 914. The van der Waals surface area contributed by atoms with Crippen LogP contribution >= 0.6 is 0 Å². The van der Waals surface area contributed by atoms with E-state index in [9.17, 15) is 45.6 Å². The molecule has 2 unspecified atom stereocenters. The number of nitrogens with two attached hydrogens (primary N) is 5. The number of hydrogen-bond donors (Lipinski definition) is 15. The van der Waals surface area contributed by atoms with E-state index in [0.717, 1.165) is 0 Å². The lowest BCUT2D eigenvalue weighted by Gasteiger charge is -2.53. The monoisotopic (exact) mass is 655 g/mol. The van der Waals surface area contributed by atoms with E-state index in [4.69, 9.17) is 42.9 Å². The van der Waals surface area contributed by atoms with Gasteiger partial charge in [-0.25, -0.2) is 0 Å². The Kier molecular flexibility index (Phi) is 14.7. The van der Waals surface area contributed by atoms with Crippen LogP contribution in [0.15, 0.2) is 0 Å². The Hall–Kier alpha value is -1.21. The molecule has 3 aliphatic rings. The minimum atomic E-state index is -1.63. The number of carbonyl (C=O) groups excluding carboxylic acids is 1. The number of amides is 1. The van der Waals surface area contributed by atoms with E-state index < -0.39 is 116 Å². The van der Waals surface area contributed by atoms with Gasteiger partial charge in [-0.05, 0) is 32.4 Å². The van der Waals surface area contributed by atoms with Crippen molar-refractivity contribution in [2.75, 3.05) is 32.8 Å². The molecule has 17 atom stereocenters. The summed E-state index contributed by atoms with van der Waals surface area (Å²) < 4.78 is 17.7. The Balaban J connectivity index is 1.96. The van der Waals surface area contributed by atoms with Gasteiger partial charge in [0.25, 0.3) is 0 Å². The van der Waals surface area contributed by atoms with Crippen molar-refractivity contribution in [1.29, 1.82) is 0 Å². The molecule has 264 valence electrons. The second-order valence-electron chi connectivity index (χ2n) is 12.1. The summed E-state index contributed by atoms with van der Waals surface area (Å²) in [7, 11) is 0. The lowest BCUT2D eigenvalue weighted by molar-refractivity contribution is -0.307. The van der Waals surface area contributed by atoms with Crippen LogP contribution in [0.3, 0.4) is 0 Å². The normalized spacial score (nSPS) is 43.9. The minimum Gasteiger partial charge on any atom is -0.394 e. The first-order valence-electron chi connectivity index (χ1n) is 15.3. The molecular formula is C26H53N7O12. The number of aliphatic hydroxyl groups excluding tert-OH is 8. The van der Waals surface area contributed by atoms with Gasteiger partial charge in [-0.1, -0.05) is 0 Å². The quantitative estimate of drug-likeness (QED) is 0.0825. The SMILES string of the molecule is NCCC(O)CN[C@@H]1[C@@H](O)[C@H](O)[C@@H](CN)O[C@@H]1C1[C@@H](N)C[C@@H](NC(=O)[C@@H](O)CCN)[C@H](O[C@H]2O[C@H](CO)[C@@H](O)[C@H](N)[C@H]2O)[C@H]1O. The fourth-order valence-electron chi connectivity index (χ4n) is 6.32. The highest BCUT2D eigenvalue weighted by Gasteiger charge is 2.56. The first kappa shape index (κ1) is 38.2. The first-order valence-corrected chi connectivity index (χ1v) is 15.3. The van der Waals surface area contributed by atoms with E-state index in [1.165, 1.54) is 0 Å². The topological polar surface area (TPSA) is 361 Å². The predicted octanol–water partition coefficient (Wildman–Crippen LogP) is -8.84. The van der Waals surface area contributed by atoms with Gasteiger partial charge in [0, 0.05) is 25.0 Å². The molecule has 20 N–H and O–H groups in total. The summed E-state index contributed by atoms with van der Waals surface area (Å²) in [6.45, 7) is -0.720. The molecule has 1 saturated carbocycles. The van der Waals surface area contributed by atoms with E-state index in [-0.39, 0.29) is 45.4 Å². The molecule has 19 heteroatoms. The van der Waals surface area contributed by atoms with Crippen LogP contribution in [0.4, 0.5) is 0 Å². The van der Waals surface area contributed by atoms with Crippen LogP contribution in [0.25, 0.3) is 0 Å². The molecule has 0 bridgehead atoms. The first-order chi connectivity index (χ1) is 21.3. The Morgan fingerprint density at radius 3 is 2.16 bits per heavy atom. The van der Waals surface area contributed by atoms with Gasteiger partial charge in [0.15, 0.2) is 6.29 Å². The van der Waals surface area contributed by atoms with E-state index in [0.29, 0.717) is 0 Å². The maximum atomic E-state index is 12.8. The van der Waals surface area contributed by atoms with Crippen molar-refractivity contribution in [3.63, 3.8) is 0 Å². The molecule has 19 nitrogen and oxygen atoms in total. The largest absolute Gasteiger partial charge is 0.394 e. The summed E-state index contributed by atoms with van der Waals surface area (Å²) in [5, 5.41) is 90.4. The van der Waals surface area contributed by atoms with E-state index >= 15 is 0 Å². The lowest BCUT2D eigenvalue weighted by Crippen LogP contribution is -2.72. The molecule has 0 radical (unpaired) electrons. The highest BCUT2D eigenvalue weighted by Crippen LogP contribution is 2.37. The number of carbonyl (C=O) groups is 1. The Labute approximate surface area is 261 Å².